The molecule has 0 aliphatic carbocycles. The van der Waals surface area contributed by atoms with Gasteiger partial charge in [0.25, 0.3) is 5.78 Å². The van der Waals surface area contributed by atoms with E-state index >= 15 is 0 Å². The van der Waals surface area contributed by atoms with E-state index < -0.39 is 23.3 Å². The number of nitrogens with zero attached hydrogens (tertiary/aromatic N) is 1. The Morgan fingerprint density at radius 3 is 2.57 bits per heavy atom. The van der Waals surface area contributed by atoms with Gasteiger partial charge in [-0.15, -0.1) is 11.3 Å². The van der Waals surface area contributed by atoms with Crippen LogP contribution in [0.25, 0.3) is 5.76 Å². The summed E-state index contributed by atoms with van der Waals surface area (Å²) in [5.74, 6) is -2.94. The van der Waals surface area contributed by atoms with E-state index in [2.05, 4.69) is 4.99 Å². The number of aliphatic hydroxyl groups excluding tert-OH is 1. The van der Waals surface area contributed by atoms with Crippen LogP contribution in [0, 0.1) is 0 Å². The van der Waals surface area contributed by atoms with Gasteiger partial charge in [-0.3, -0.25) is 9.79 Å². The molecule has 2 aromatic rings. The monoisotopic (exact) mass is 359 g/mol. The molecule has 0 atom stereocenters. The molecule has 3 nitrogen and oxygen atoms in total. The predicted molar refractivity (Wildman–Crippen MR) is 84.5 cm³/mol. The third-order valence-electron chi connectivity index (χ3n) is 2.66. The summed E-state index contributed by atoms with van der Waals surface area (Å²) in [6.07, 6.45) is -4.43. The molecule has 0 fully saturated rings. The van der Waals surface area contributed by atoms with Crippen molar-refractivity contribution in [3.8, 4) is 0 Å². The van der Waals surface area contributed by atoms with Crippen molar-refractivity contribution in [1.29, 1.82) is 0 Å². The molecule has 0 bridgehead atoms. The van der Waals surface area contributed by atoms with Crippen molar-refractivity contribution in [3.63, 3.8) is 0 Å². The quantitative estimate of drug-likeness (QED) is 0.463. The highest BCUT2D eigenvalue weighted by molar-refractivity contribution is 7.11. The van der Waals surface area contributed by atoms with Crippen molar-refractivity contribution in [3.05, 3.63) is 57.3 Å². The number of carbonyl (C=O) groups is 1. The maximum absolute atomic E-state index is 12.7. The lowest BCUT2D eigenvalue weighted by Gasteiger charge is -2.08. The van der Waals surface area contributed by atoms with E-state index in [1.165, 1.54) is 18.2 Å². The minimum Gasteiger partial charge on any atom is -0.506 e. The smallest absolute Gasteiger partial charge is 0.455 e. The summed E-state index contributed by atoms with van der Waals surface area (Å²) in [7, 11) is 0. The maximum Gasteiger partial charge on any atom is 0.455 e. The van der Waals surface area contributed by atoms with Crippen LogP contribution in [0.3, 0.4) is 0 Å². The Labute approximate surface area is 138 Å². The number of thiophene rings is 1. The lowest BCUT2D eigenvalue weighted by molar-refractivity contribution is -0.165. The van der Waals surface area contributed by atoms with Gasteiger partial charge in [0, 0.05) is 11.2 Å². The molecule has 1 heterocycles. The second kappa shape index (κ2) is 6.97. The summed E-state index contributed by atoms with van der Waals surface area (Å²) in [5.41, 5.74) is -0.677. The van der Waals surface area contributed by atoms with Gasteiger partial charge in [0.1, 0.15) is 5.76 Å². The highest BCUT2D eigenvalue weighted by atomic mass is 35.5. The number of carbonyl (C=O) groups excluding carboxylic acids is 1. The zero-order valence-electron chi connectivity index (χ0n) is 11.3. The molecular weight excluding hydrogens is 351 g/mol. The highest BCUT2D eigenvalue weighted by Gasteiger charge is 2.41. The Kier molecular flexibility index (Phi) is 5.23. The summed E-state index contributed by atoms with van der Waals surface area (Å²) in [5, 5.41) is 11.9. The summed E-state index contributed by atoms with van der Waals surface area (Å²) in [4.78, 5) is 15.5. The lowest BCUT2D eigenvalue weighted by Crippen LogP contribution is -2.26. The van der Waals surface area contributed by atoms with Crippen molar-refractivity contribution < 1.29 is 23.1 Å². The van der Waals surface area contributed by atoms with Gasteiger partial charge in [-0.05, 0) is 29.6 Å². The molecule has 0 unspecified atom stereocenters. The molecular formula is C15H9ClF3NO2S. The number of Topliss-reactive ketones (excluding diaryl/α,β-unsaturated/α-hetero) is 1. The van der Waals surface area contributed by atoms with E-state index in [0.717, 1.165) is 11.3 Å². The van der Waals surface area contributed by atoms with Crippen LogP contribution in [-0.2, 0) is 4.79 Å². The molecule has 1 N–H and O–H groups in total. The van der Waals surface area contributed by atoms with E-state index in [1.54, 1.807) is 23.6 Å². The average Bonchev–Trinajstić information content (AvgIpc) is 3.00. The van der Waals surface area contributed by atoms with Crippen LogP contribution in [0.1, 0.15) is 4.88 Å². The number of alkyl halides is 3. The summed E-state index contributed by atoms with van der Waals surface area (Å²) < 4.78 is 38.2. The van der Waals surface area contributed by atoms with Crippen LogP contribution in [0.4, 0.5) is 18.9 Å². The number of aliphatic imine (C=N–C) groups is 1. The SMILES string of the molecule is O=C(/C(C=Nc1cccc(Cl)c1)=C(/O)c1cccs1)C(F)(F)F. The van der Waals surface area contributed by atoms with Gasteiger partial charge in [-0.25, -0.2) is 0 Å². The van der Waals surface area contributed by atoms with E-state index in [9.17, 15) is 23.1 Å². The number of allylic oxidation sites excluding steroid dienone is 1. The molecule has 1 aromatic carbocycles. The van der Waals surface area contributed by atoms with Crippen LogP contribution in [-0.4, -0.2) is 23.3 Å². The fraction of sp³-hybridized carbons (Fsp3) is 0.0667. The Bertz CT molecular complexity index is 767. The molecule has 0 aliphatic rings. The fourth-order valence-electron chi connectivity index (χ4n) is 1.62. The Morgan fingerprint density at radius 1 is 1.26 bits per heavy atom. The van der Waals surface area contributed by atoms with Crippen molar-refractivity contribution in [1.82, 2.24) is 0 Å². The minimum atomic E-state index is -5.12. The van der Waals surface area contributed by atoms with Gasteiger partial charge in [0.05, 0.1) is 16.1 Å². The molecule has 23 heavy (non-hydrogen) atoms. The Hall–Kier alpha value is -2.12. The van der Waals surface area contributed by atoms with Crippen molar-refractivity contribution >= 4 is 46.4 Å². The number of hydrogen-bond acceptors (Lipinski definition) is 4. The van der Waals surface area contributed by atoms with Gasteiger partial charge in [-0.1, -0.05) is 23.7 Å². The van der Waals surface area contributed by atoms with E-state index in [-0.39, 0.29) is 10.6 Å². The zero-order chi connectivity index (χ0) is 17.0. The van der Waals surface area contributed by atoms with E-state index in [4.69, 9.17) is 11.6 Å². The van der Waals surface area contributed by atoms with Crippen molar-refractivity contribution in [2.24, 2.45) is 4.99 Å². The molecule has 2 rings (SSSR count). The number of benzene rings is 1. The van der Waals surface area contributed by atoms with E-state index in [0.29, 0.717) is 11.2 Å². The first-order chi connectivity index (χ1) is 10.8. The first-order valence-electron chi connectivity index (χ1n) is 6.17. The normalized spacial score (nSPS) is 13.2. The van der Waals surface area contributed by atoms with Gasteiger partial charge < -0.3 is 5.11 Å². The van der Waals surface area contributed by atoms with Gasteiger partial charge >= 0.3 is 6.18 Å². The summed E-state index contributed by atoms with van der Waals surface area (Å²) in [6, 6.07) is 8.98. The second-order valence-electron chi connectivity index (χ2n) is 4.30. The largest absolute Gasteiger partial charge is 0.506 e. The predicted octanol–water partition coefficient (Wildman–Crippen LogP) is 5.20. The second-order valence-corrected chi connectivity index (χ2v) is 5.69. The highest BCUT2D eigenvalue weighted by Crippen LogP contribution is 2.27. The van der Waals surface area contributed by atoms with Crippen molar-refractivity contribution in [2.45, 2.75) is 6.18 Å². The third-order valence-corrected chi connectivity index (χ3v) is 3.77. The first-order valence-corrected chi connectivity index (χ1v) is 7.43. The average molecular weight is 360 g/mol. The summed E-state index contributed by atoms with van der Waals surface area (Å²) in [6.45, 7) is 0. The molecule has 0 saturated heterocycles. The summed E-state index contributed by atoms with van der Waals surface area (Å²) >= 11 is 6.76. The first kappa shape index (κ1) is 17.2. The van der Waals surface area contributed by atoms with Crippen LogP contribution in [0.5, 0.6) is 0 Å². The minimum absolute atomic E-state index is 0.134. The van der Waals surface area contributed by atoms with Gasteiger partial charge in [0.15, 0.2) is 0 Å². The topological polar surface area (TPSA) is 49.7 Å². The Morgan fingerprint density at radius 2 is 2.00 bits per heavy atom. The van der Waals surface area contributed by atoms with Gasteiger partial charge in [0.2, 0.25) is 0 Å². The molecule has 8 heteroatoms. The van der Waals surface area contributed by atoms with Crippen molar-refractivity contribution in [2.75, 3.05) is 0 Å². The molecule has 0 radical (unpaired) electrons. The zero-order valence-corrected chi connectivity index (χ0v) is 12.9. The lowest BCUT2D eigenvalue weighted by atomic mass is 10.1. The van der Waals surface area contributed by atoms with Crippen LogP contribution in [0.15, 0.2) is 52.3 Å². The molecule has 0 amide bonds. The standard InChI is InChI=1S/C15H9ClF3NO2S/c16-9-3-1-4-10(7-9)20-8-11(14(22)15(17,18)19)13(21)12-5-2-6-23-12/h1-8,21H/b13-11+,20-8?. The number of ketones is 1. The number of hydrogen-bond donors (Lipinski definition) is 1. The van der Waals surface area contributed by atoms with Crippen LogP contribution in [0.2, 0.25) is 5.02 Å². The number of rotatable bonds is 4. The molecule has 120 valence electrons. The van der Waals surface area contributed by atoms with Crippen LogP contribution < -0.4 is 0 Å². The van der Waals surface area contributed by atoms with Gasteiger partial charge in [-0.2, -0.15) is 13.2 Å². The number of halogens is 4. The number of aliphatic hydroxyl groups is 1. The molecule has 0 spiro atoms. The maximum atomic E-state index is 12.7. The fourth-order valence-corrected chi connectivity index (χ4v) is 2.49. The molecule has 0 saturated carbocycles. The van der Waals surface area contributed by atoms with E-state index in [1.807, 2.05) is 0 Å². The molecule has 1 aromatic heterocycles. The van der Waals surface area contributed by atoms with Crippen LogP contribution >= 0.6 is 22.9 Å². The third kappa shape index (κ3) is 4.43. The Balaban J connectivity index is 2.46. The molecule has 0 aliphatic heterocycles.